The van der Waals surface area contributed by atoms with Crippen LogP contribution in [0.15, 0.2) is 30.3 Å². The van der Waals surface area contributed by atoms with Crippen molar-refractivity contribution >= 4 is 0 Å². The highest BCUT2D eigenvalue weighted by molar-refractivity contribution is 5.16. The lowest BCUT2D eigenvalue weighted by Gasteiger charge is -2.34. The van der Waals surface area contributed by atoms with Gasteiger partial charge in [-0.25, -0.2) is 8.78 Å². The molecule has 3 saturated heterocycles. The fourth-order valence-corrected chi connectivity index (χ4v) is 4.63. The summed E-state index contributed by atoms with van der Waals surface area (Å²) in [6.07, 6.45) is -7.48. The van der Waals surface area contributed by atoms with Gasteiger partial charge in [-0.05, 0) is 18.9 Å². The van der Waals surface area contributed by atoms with Crippen molar-refractivity contribution in [1.29, 1.82) is 0 Å². The number of halogens is 2. The number of piperidine rings is 3. The summed E-state index contributed by atoms with van der Waals surface area (Å²) in [7, 11) is 0. The minimum absolute atomic E-state index is 0.0654. The number of hydrogen-bond donors (Lipinski definition) is 10. The second-order valence-corrected chi connectivity index (χ2v) is 10.0. The van der Waals surface area contributed by atoms with Crippen LogP contribution in [0.3, 0.4) is 0 Å². The lowest BCUT2D eigenvalue weighted by Crippen LogP contribution is -2.53. The van der Waals surface area contributed by atoms with Crippen LogP contribution in [0.2, 0.25) is 0 Å². The first-order valence-corrected chi connectivity index (χ1v) is 12.7. The molecule has 214 valence electrons. The van der Waals surface area contributed by atoms with Gasteiger partial charge in [0.1, 0.15) is 0 Å². The summed E-state index contributed by atoms with van der Waals surface area (Å²) in [4.78, 5) is 0. The number of benzene rings is 1. The Balaban J connectivity index is 0.000000199. The topological polar surface area (TPSA) is 178 Å². The molecule has 0 aliphatic carbocycles. The standard InChI is InChI=1S/C12H17NO2.C7H15NO3.C6H11F2NO2/c14-11-8-13-7-10(12(11)15)6-9-4-2-1-3-5-9;1-4(9)5-2-8-3-6(10)7(5)11;7-6(8)3-1-9-2-4(10)5(3)11/h1-5,10-15H,6-8H2;4-11H,2-3H2,1H3;3-6,9-11H,1-2H2/t10-,11+,12+;4?,5-,6-,7-;3-,4+,5+/m010/s1. The van der Waals surface area contributed by atoms with E-state index in [4.69, 9.17) is 15.3 Å². The number of hydrogen-bond acceptors (Lipinski definition) is 10. The summed E-state index contributed by atoms with van der Waals surface area (Å²) in [6.45, 7) is 4.10. The molecule has 1 aromatic rings. The summed E-state index contributed by atoms with van der Waals surface area (Å²) in [5, 5.41) is 73.7. The smallest absolute Gasteiger partial charge is 0.245 e. The van der Waals surface area contributed by atoms with Crippen molar-refractivity contribution in [2.24, 2.45) is 17.8 Å². The van der Waals surface area contributed by atoms with E-state index in [0.717, 1.165) is 13.0 Å². The monoisotopic (exact) mass is 535 g/mol. The molecule has 10 N–H and O–H groups in total. The lowest BCUT2D eigenvalue weighted by atomic mass is 9.88. The second kappa shape index (κ2) is 15.9. The Kier molecular flexibility index (Phi) is 13.7. The molecule has 0 spiro atoms. The Morgan fingerprint density at radius 2 is 1.16 bits per heavy atom. The molecule has 3 aliphatic heterocycles. The van der Waals surface area contributed by atoms with E-state index in [9.17, 15) is 29.2 Å². The molecule has 12 heteroatoms. The summed E-state index contributed by atoms with van der Waals surface area (Å²) in [6, 6.07) is 10.1. The lowest BCUT2D eigenvalue weighted by molar-refractivity contribution is -0.0841. The normalized spacial score (nSPS) is 37.0. The molecule has 0 bridgehead atoms. The van der Waals surface area contributed by atoms with Crippen LogP contribution in [0.5, 0.6) is 0 Å². The average molecular weight is 536 g/mol. The van der Waals surface area contributed by atoms with E-state index in [0.29, 0.717) is 19.6 Å². The zero-order valence-corrected chi connectivity index (χ0v) is 21.1. The maximum absolute atomic E-state index is 12.0. The van der Waals surface area contributed by atoms with Crippen LogP contribution in [-0.2, 0) is 6.42 Å². The van der Waals surface area contributed by atoms with Gasteiger partial charge in [-0.1, -0.05) is 30.3 Å². The number of aliphatic hydroxyl groups is 7. The Morgan fingerprint density at radius 1 is 0.703 bits per heavy atom. The van der Waals surface area contributed by atoms with Crippen molar-refractivity contribution in [2.45, 2.75) is 62.5 Å². The molecule has 0 saturated carbocycles. The van der Waals surface area contributed by atoms with E-state index in [2.05, 4.69) is 16.0 Å². The van der Waals surface area contributed by atoms with Crippen molar-refractivity contribution in [3.05, 3.63) is 35.9 Å². The maximum Gasteiger partial charge on any atom is 0.245 e. The van der Waals surface area contributed by atoms with E-state index in [1.54, 1.807) is 6.92 Å². The van der Waals surface area contributed by atoms with Crippen LogP contribution in [0.25, 0.3) is 0 Å². The van der Waals surface area contributed by atoms with Crippen LogP contribution in [-0.4, -0.2) is 124 Å². The largest absolute Gasteiger partial charge is 0.393 e. The molecule has 10 nitrogen and oxygen atoms in total. The average Bonchev–Trinajstić information content (AvgIpc) is 2.86. The molecule has 3 aliphatic rings. The highest BCUT2D eigenvalue weighted by Gasteiger charge is 2.36. The zero-order chi connectivity index (χ0) is 27.5. The Hall–Kier alpha value is -1.32. The van der Waals surface area contributed by atoms with E-state index >= 15 is 0 Å². The van der Waals surface area contributed by atoms with Gasteiger partial charge in [-0.15, -0.1) is 0 Å². The van der Waals surface area contributed by atoms with E-state index in [1.807, 2.05) is 30.3 Å². The second-order valence-electron chi connectivity index (χ2n) is 10.0. The van der Waals surface area contributed by atoms with Crippen LogP contribution >= 0.6 is 0 Å². The van der Waals surface area contributed by atoms with Crippen LogP contribution < -0.4 is 16.0 Å². The van der Waals surface area contributed by atoms with Crippen LogP contribution in [0, 0.1) is 17.8 Å². The molecule has 1 aromatic carbocycles. The zero-order valence-electron chi connectivity index (χ0n) is 21.1. The maximum atomic E-state index is 12.0. The predicted octanol–water partition coefficient (Wildman–Crippen LogP) is -2.33. The molecule has 37 heavy (non-hydrogen) atoms. The highest BCUT2D eigenvalue weighted by Crippen LogP contribution is 2.19. The van der Waals surface area contributed by atoms with Crippen molar-refractivity contribution < 1.29 is 44.5 Å². The molecule has 0 aromatic heterocycles. The Morgan fingerprint density at radius 3 is 1.62 bits per heavy atom. The summed E-state index contributed by atoms with van der Waals surface area (Å²) >= 11 is 0. The number of rotatable bonds is 4. The molecule has 0 radical (unpaired) electrons. The first-order chi connectivity index (χ1) is 17.5. The number of β-amino-alcohol motifs (C(OH)–C–C–N with tert-alkyl or cyclic N) is 3. The number of nitrogens with one attached hydrogen (secondary N) is 3. The molecule has 3 fully saturated rings. The minimum atomic E-state index is -2.58. The van der Waals surface area contributed by atoms with Crippen LogP contribution in [0.4, 0.5) is 8.78 Å². The quantitative estimate of drug-likeness (QED) is 0.201. The van der Waals surface area contributed by atoms with Gasteiger partial charge in [0.15, 0.2) is 0 Å². The first-order valence-electron chi connectivity index (χ1n) is 12.7. The van der Waals surface area contributed by atoms with Crippen molar-refractivity contribution in [3.63, 3.8) is 0 Å². The van der Waals surface area contributed by atoms with E-state index in [1.165, 1.54) is 5.56 Å². The third-order valence-electron chi connectivity index (χ3n) is 7.05. The Labute approximate surface area is 216 Å². The van der Waals surface area contributed by atoms with Crippen molar-refractivity contribution in [3.8, 4) is 0 Å². The van der Waals surface area contributed by atoms with Gasteiger partial charge >= 0.3 is 0 Å². The fourth-order valence-electron chi connectivity index (χ4n) is 4.63. The van der Waals surface area contributed by atoms with Gasteiger partial charge in [0.2, 0.25) is 6.43 Å². The molecule has 4 rings (SSSR count). The summed E-state index contributed by atoms with van der Waals surface area (Å²) in [5.41, 5.74) is 1.21. The first kappa shape index (κ1) is 31.9. The molecular weight excluding hydrogens is 492 g/mol. The molecule has 10 atom stereocenters. The van der Waals surface area contributed by atoms with Crippen LogP contribution in [0.1, 0.15) is 12.5 Å². The summed E-state index contributed by atoms with van der Waals surface area (Å²) in [5.74, 6) is -1.28. The highest BCUT2D eigenvalue weighted by atomic mass is 19.3. The van der Waals surface area contributed by atoms with Gasteiger partial charge in [-0.2, -0.15) is 0 Å². The SMILES string of the molecule is CC(O)[C@H]1CNC[C@@H](O)[C@@H]1O.O[C@@H]1[C@@H](Cc2ccccc2)CNC[C@H]1O.O[C@H]1[C@H](O)CNC[C@@H]1C(F)F. The number of alkyl halides is 2. The third-order valence-corrected chi connectivity index (χ3v) is 7.05. The predicted molar refractivity (Wildman–Crippen MR) is 133 cm³/mol. The molecule has 1 unspecified atom stereocenters. The third kappa shape index (κ3) is 10.1. The minimum Gasteiger partial charge on any atom is -0.393 e. The van der Waals surface area contributed by atoms with Gasteiger partial charge in [0.25, 0.3) is 0 Å². The van der Waals surface area contributed by atoms with Gasteiger partial charge in [0, 0.05) is 51.1 Å². The fraction of sp³-hybridized carbons (Fsp3) is 0.760. The molecule has 0 amide bonds. The molecule has 3 heterocycles. The van der Waals surface area contributed by atoms with Gasteiger partial charge < -0.3 is 51.7 Å². The van der Waals surface area contributed by atoms with E-state index in [-0.39, 0.29) is 24.9 Å². The summed E-state index contributed by atoms with van der Waals surface area (Å²) < 4.78 is 24.1. The number of aliphatic hydroxyl groups excluding tert-OH is 7. The Bertz CT molecular complexity index is 722. The van der Waals surface area contributed by atoms with E-state index < -0.39 is 55.1 Å². The molecular formula is C25H43F2N3O7. The van der Waals surface area contributed by atoms with Gasteiger partial charge in [-0.3, -0.25) is 0 Å². The van der Waals surface area contributed by atoms with Crippen molar-refractivity contribution in [1.82, 2.24) is 16.0 Å². The van der Waals surface area contributed by atoms with Gasteiger partial charge in [0.05, 0.1) is 48.6 Å². The van der Waals surface area contributed by atoms with Crippen molar-refractivity contribution in [2.75, 3.05) is 39.3 Å².